The first-order valence-electron chi connectivity index (χ1n) is 6.87. The van der Waals surface area contributed by atoms with E-state index in [1.54, 1.807) is 18.2 Å². The summed E-state index contributed by atoms with van der Waals surface area (Å²) in [5.41, 5.74) is 1.85. The molecule has 1 aliphatic heterocycles. The number of hydrogen-bond acceptors (Lipinski definition) is 4. The average Bonchev–Trinajstić information content (AvgIpc) is 2.85. The van der Waals surface area contributed by atoms with Crippen LogP contribution in [-0.2, 0) is 11.4 Å². The first-order chi connectivity index (χ1) is 11.1. The average molecular weight is 345 g/mol. The van der Waals surface area contributed by atoms with Gasteiger partial charge in [-0.2, -0.15) is 0 Å². The van der Waals surface area contributed by atoms with Gasteiger partial charge >= 0.3 is 0 Å². The quantitative estimate of drug-likeness (QED) is 0.822. The second kappa shape index (κ2) is 6.89. The molecule has 0 aliphatic carbocycles. The second-order valence-electron chi connectivity index (χ2n) is 4.86. The Kier molecular flexibility index (Phi) is 4.69. The number of halogens is 1. The van der Waals surface area contributed by atoms with Gasteiger partial charge in [0.25, 0.3) is 5.91 Å². The molecule has 0 aromatic heterocycles. The van der Waals surface area contributed by atoms with Crippen molar-refractivity contribution in [2.45, 2.75) is 6.61 Å². The van der Waals surface area contributed by atoms with Crippen LogP contribution in [0.15, 0.2) is 53.4 Å². The van der Waals surface area contributed by atoms with E-state index < -0.39 is 0 Å². The Morgan fingerprint density at radius 1 is 1.22 bits per heavy atom. The highest BCUT2D eigenvalue weighted by Gasteiger charge is 2.22. The number of carbonyl (C=O) groups excluding carboxylic acids is 1. The highest BCUT2D eigenvalue weighted by Crippen LogP contribution is 2.30. The fourth-order valence-corrected chi connectivity index (χ4v) is 3.00. The lowest BCUT2D eigenvalue weighted by Crippen LogP contribution is -2.18. The van der Waals surface area contributed by atoms with Gasteiger partial charge in [0.15, 0.2) is 5.17 Å². The van der Waals surface area contributed by atoms with Gasteiger partial charge in [0.1, 0.15) is 12.4 Å². The topological polar surface area (TPSA) is 62.2 Å². The predicted octanol–water partition coefficient (Wildman–Crippen LogP) is 4.06. The number of rotatable bonds is 4. The predicted molar refractivity (Wildman–Crippen MR) is 93.7 cm³/mol. The molecular formula is C17H13ClN2O2S. The zero-order chi connectivity index (χ0) is 16.2. The van der Waals surface area contributed by atoms with E-state index in [0.29, 0.717) is 22.3 Å². The number of amidine groups is 1. The standard InChI is InChI=1S/C17H13ClN2O2S/c18-13-8-12(9-15-16(21)20-17(19)23-15)6-7-14(13)22-10-11-4-2-1-3-5-11/h1-9H,10H2,(H2,19,20,21). The van der Waals surface area contributed by atoms with Crippen LogP contribution in [0.1, 0.15) is 11.1 Å². The summed E-state index contributed by atoms with van der Waals surface area (Å²) in [4.78, 5) is 12.1. The number of thioether (sulfide) groups is 1. The molecule has 4 nitrogen and oxygen atoms in total. The SMILES string of the molecule is N=C1NC(=O)C(=Cc2ccc(OCc3ccccc3)c(Cl)c2)S1. The third-order valence-electron chi connectivity index (χ3n) is 3.15. The molecule has 0 spiro atoms. The molecule has 23 heavy (non-hydrogen) atoms. The maximum absolute atomic E-state index is 11.6. The molecule has 0 saturated carbocycles. The zero-order valence-electron chi connectivity index (χ0n) is 12.0. The second-order valence-corrected chi connectivity index (χ2v) is 6.32. The Bertz CT molecular complexity index is 790. The fourth-order valence-electron chi connectivity index (χ4n) is 2.05. The van der Waals surface area contributed by atoms with Crippen molar-refractivity contribution < 1.29 is 9.53 Å². The third kappa shape index (κ3) is 3.94. The molecule has 6 heteroatoms. The van der Waals surface area contributed by atoms with E-state index in [1.807, 2.05) is 36.4 Å². The highest BCUT2D eigenvalue weighted by molar-refractivity contribution is 8.18. The Balaban J connectivity index is 1.72. The van der Waals surface area contributed by atoms with Gasteiger partial charge < -0.3 is 10.1 Å². The van der Waals surface area contributed by atoms with Crippen LogP contribution in [0.25, 0.3) is 6.08 Å². The molecular weight excluding hydrogens is 332 g/mol. The van der Waals surface area contributed by atoms with Gasteiger partial charge in [0.2, 0.25) is 0 Å². The molecule has 0 radical (unpaired) electrons. The van der Waals surface area contributed by atoms with E-state index >= 15 is 0 Å². The van der Waals surface area contributed by atoms with Crippen LogP contribution in [0.2, 0.25) is 5.02 Å². The Morgan fingerprint density at radius 2 is 2.00 bits per heavy atom. The molecule has 2 N–H and O–H groups in total. The largest absolute Gasteiger partial charge is 0.487 e. The molecule has 0 unspecified atom stereocenters. The van der Waals surface area contributed by atoms with Crippen LogP contribution >= 0.6 is 23.4 Å². The van der Waals surface area contributed by atoms with Crippen molar-refractivity contribution in [3.05, 3.63) is 69.6 Å². The number of nitrogens with one attached hydrogen (secondary N) is 2. The van der Waals surface area contributed by atoms with E-state index in [4.69, 9.17) is 21.7 Å². The van der Waals surface area contributed by atoms with Crippen molar-refractivity contribution >= 4 is 40.5 Å². The normalized spacial score (nSPS) is 15.8. The number of amides is 1. The highest BCUT2D eigenvalue weighted by atomic mass is 35.5. The molecule has 2 aromatic rings. The summed E-state index contributed by atoms with van der Waals surface area (Å²) in [7, 11) is 0. The van der Waals surface area contributed by atoms with Gasteiger partial charge in [-0.25, -0.2) is 0 Å². The molecule has 0 atom stereocenters. The van der Waals surface area contributed by atoms with Crippen molar-refractivity contribution in [2.24, 2.45) is 0 Å². The van der Waals surface area contributed by atoms with Gasteiger partial charge in [-0.1, -0.05) is 48.0 Å². The van der Waals surface area contributed by atoms with Gasteiger partial charge in [-0.05, 0) is 41.1 Å². The van der Waals surface area contributed by atoms with E-state index in [-0.39, 0.29) is 11.1 Å². The molecule has 2 aromatic carbocycles. The van der Waals surface area contributed by atoms with Gasteiger partial charge in [0, 0.05) is 0 Å². The maximum atomic E-state index is 11.6. The minimum absolute atomic E-state index is 0.134. The summed E-state index contributed by atoms with van der Waals surface area (Å²) < 4.78 is 5.71. The zero-order valence-corrected chi connectivity index (χ0v) is 13.6. The van der Waals surface area contributed by atoms with Crippen molar-refractivity contribution in [1.82, 2.24) is 5.32 Å². The summed E-state index contributed by atoms with van der Waals surface area (Å²) in [5, 5.41) is 10.5. The number of hydrogen-bond donors (Lipinski definition) is 2. The summed E-state index contributed by atoms with van der Waals surface area (Å²) in [5.74, 6) is 0.328. The van der Waals surface area contributed by atoms with Crippen LogP contribution in [0.4, 0.5) is 0 Å². The monoisotopic (exact) mass is 344 g/mol. The minimum atomic E-state index is -0.263. The van der Waals surface area contributed by atoms with E-state index in [2.05, 4.69) is 5.32 Å². The smallest absolute Gasteiger partial charge is 0.264 e. The van der Waals surface area contributed by atoms with Gasteiger partial charge in [-0.15, -0.1) is 0 Å². The Morgan fingerprint density at radius 3 is 2.65 bits per heavy atom. The number of ether oxygens (including phenoxy) is 1. The van der Waals surface area contributed by atoms with Crippen molar-refractivity contribution in [3.63, 3.8) is 0 Å². The third-order valence-corrected chi connectivity index (χ3v) is 4.28. The Hall–Kier alpha value is -2.24. The van der Waals surface area contributed by atoms with Crippen molar-refractivity contribution in [1.29, 1.82) is 5.41 Å². The maximum Gasteiger partial charge on any atom is 0.264 e. The first kappa shape index (κ1) is 15.6. The molecule has 3 rings (SSSR count). The molecule has 1 fully saturated rings. The molecule has 1 aliphatic rings. The van der Waals surface area contributed by atoms with Crippen molar-refractivity contribution in [3.8, 4) is 5.75 Å². The molecule has 1 heterocycles. The number of benzene rings is 2. The van der Waals surface area contributed by atoms with Crippen molar-refractivity contribution in [2.75, 3.05) is 0 Å². The summed E-state index contributed by atoms with van der Waals surface area (Å²) in [6.45, 7) is 0.441. The Labute approximate surface area is 143 Å². The summed E-state index contributed by atoms with van der Waals surface area (Å²) in [6, 6.07) is 15.2. The molecule has 1 amide bonds. The minimum Gasteiger partial charge on any atom is -0.487 e. The summed E-state index contributed by atoms with van der Waals surface area (Å²) >= 11 is 7.34. The van der Waals surface area contributed by atoms with Crippen LogP contribution < -0.4 is 10.1 Å². The van der Waals surface area contributed by atoms with E-state index in [0.717, 1.165) is 22.9 Å². The van der Waals surface area contributed by atoms with E-state index in [9.17, 15) is 4.79 Å². The summed E-state index contributed by atoms with van der Waals surface area (Å²) in [6.07, 6.45) is 1.70. The van der Waals surface area contributed by atoms with Gasteiger partial charge in [0.05, 0.1) is 9.93 Å². The molecule has 0 bridgehead atoms. The van der Waals surface area contributed by atoms with Crippen LogP contribution in [0.3, 0.4) is 0 Å². The molecule has 116 valence electrons. The van der Waals surface area contributed by atoms with Gasteiger partial charge in [-0.3, -0.25) is 10.2 Å². The number of carbonyl (C=O) groups is 1. The lowest BCUT2D eigenvalue weighted by atomic mass is 10.2. The lowest BCUT2D eigenvalue weighted by molar-refractivity contribution is -0.115. The van der Waals surface area contributed by atoms with E-state index in [1.165, 1.54) is 0 Å². The molecule has 1 saturated heterocycles. The van der Waals surface area contributed by atoms with Crippen LogP contribution in [0.5, 0.6) is 5.75 Å². The lowest BCUT2D eigenvalue weighted by Gasteiger charge is -2.08. The fraction of sp³-hybridized carbons (Fsp3) is 0.0588. The van der Waals surface area contributed by atoms with Crippen LogP contribution in [-0.4, -0.2) is 11.1 Å². The van der Waals surface area contributed by atoms with Crippen LogP contribution in [0, 0.1) is 5.41 Å². The first-order valence-corrected chi connectivity index (χ1v) is 8.07.